The summed E-state index contributed by atoms with van der Waals surface area (Å²) < 4.78 is 0. The van der Waals surface area contributed by atoms with Crippen LogP contribution in [0.1, 0.15) is 73.6 Å². The minimum absolute atomic E-state index is 0.188. The smallest absolute Gasteiger partial charge is 0.0952 e. The van der Waals surface area contributed by atoms with Gasteiger partial charge in [0.05, 0.1) is 12.2 Å². The molecule has 0 aromatic rings. The average molecular weight is 230 g/mol. The van der Waals surface area contributed by atoms with Gasteiger partial charge in [-0.3, -0.25) is 0 Å². The third kappa shape index (κ3) is 13.9. The Bertz CT molecular complexity index is 143. The molecule has 0 aliphatic carbocycles. The molecule has 0 bridgehead atoms. The molecule has 0 heterocycles. The molecule has 0 fully saturated rings. The molecule has 2 nitrogen and oxygen atoms in total. The first-order valence-corrected chi connectivity index (χ1v) is 6.51. The SMILES string of the molecule is CC(C)(C)CCCCCCOOC(C)(C)C. The van der Waals surface area contributed by atoms with Crippen LogP contribution < -0.4 is 0 Å². The van der Waals surface area contributed by atoms with Crippen LogP contribution in [0.2, 0.25) is 0 Å². The molecule has 0 saturated carbocycles. The lowest BCUT2D eigenvalue weighted by Gasteiger charge is -2.18. The third-order valence-electron chi connectivity index (χ3n) is 2.21. The van der Waals surface area contributed by atoms with E-state index in [-0.39, 0.29) is 5.60 Å². The summed E-state index contributed by atoms with van der Waals surface area (Å²) in [5.41, 5.74) is 0.290. The molecule has 2 heteroatoms. The fourth-order valence-electron chi connectivity index (χ4n) is 1.39. The summed E-state index contributed by atoms with van der Waals surface area (Å²) >= 11 is 0. The zero-order valence-electron chi connectivity index (χ0n) is 12.1. The third-order valence-corrected chi connectivity index (χ3v) is 2.21. The van der Waals surface area contributed by atoms with Gasteiger partial charge < -0.3 is 0 Å². The lowest BCUT2D eigenvalue weighted by atomic mass is 9.89. The van der Waals surface area contributed by atoms with Crippen molar-refractivity contribution in [2.75, 3.05) is 6.61 Å². The first kappa shape index (κ1) is 15.9. The molecule has 0 aromatic carbocycles. The van der Waals surface area contributed by atoms with Crippen LogP contribution in [0, 0.1) is 5.41 Å². The molecule has 98 valence electrons. The predicted molar refractivity (Wildman–Crippen MR) is 69.3 cm³/mol. The molecule has 0 aliphatic heterocycles. The van der Waals surface area contributed by atoms with Gasteiger partial charge >= 0.3 is 0 Å². The van der Waals surface area contributed by atoms with E-state index in [1.165, 1.54) is 25.7 Å². The van der Waals surface area contributed by atoms with E-state index in [1.54, 1.807) is 0 Å². The Morgan fingerprint density at radius 2 is 1.31 bits per heavy atom. The maximum Gasteiger partial charge on any atom is 0.0952 e. The van der Waals surface area contributed by atoms with E-state index in [9.17, 15) is 0 Å². The second-order valence-corrected chi connectivity index (χ2v) is 6.74. The molecule has 0 spiro atoms. The predicted octanol–water partition coefficient (Wildman–Crippen LogP) is 4.73. The van der Waals surface area contributed by atoms with E-state index < -0.39 is 0 Å². The fourth-order valence-corrected chi connectivity index (χ4v) is 1.39. The molecule has 0 rings (SSSR count). The van der Waals surface area contributed by atoms with E-state index in [0.29, 0.717) is 12.0 Å². The van der Waals surface area contributed by atoms with Gasteiger partial charge in [0.25, 0.3) is 0 Å². The molecular weight excluding hydrogens is 200 g/mol. The Hall–Kier alpha value is -0.0800. The Balaban J connectivity index is 3.17. The van der Waals surface area contributed by atoms with Crippen molar-refractivity contribution in [1.29, 1.82) is 0 Å². The van der Waals surface area contributed by atoms with Crippen LogP contribution in [0.25, 0.3) is 0 Å². The molecule has 0 saturated heterocycles. The number of rotatable bonds is 7. The van der Waals surface area contributed by atoms with Crippen molar-refractivity contribution in [1.82, 2.24) is 0 Å². The number of unbranched alkanes of at least 4 members (excludes halogenated alkanes) is 3. The zero-order chi connectivity index (χ0) is 12.7. The van der Waals surface area contributed by atoms with Crippen LogP contribution in [-0.4, -0.2) is 12.2 Å². The van der Waals surface area contributed by atoms with Crippen molar-refractivity contribution >= 4 is 0 Å². The van der Waals surface area contributed by atoms with Crippen LogP contribution in [0.4, 0.5) is 0 Å². The first-order chi connectivity index (χ1) is 7.21. The Kier molecular flexibility index (Phi) is 7.25. The summed E-state index contributed by atoms with van der Waals surface area (Å²) in [6, 6.07) is 0. The quantitative estimate of drug-likeness (QED) is 0.357. The number of hydrogen-bond donors (Lipinski definition) is 0. The highest BCUT2D eigenvalue weighted by Crippen LogP contribution is 2.22. The molecule has 0 atom stereocenters. The second kappa shape index (κ2) is 7.29. The van der Waals surface area contributed by atoms with Gasteiger partial charge in [-0.25, -0.2) is 9.78 Å². The van der Waals surface area contributed by atoms with Gasteiger partial charge in [-0.15, -0.1) is 0 Å². The monoisotopic (exact) mass is 230 g/mol. The van der Waals surface area contributed by atoms with Crippen LogP contribution in [0.3, 0.4) is 0 Å². The first-order valence-electron chi connectivity index (χ1n) is 6.51. The van der Waals surface area contributed by atoms with Crippen LogP contribution in [0.15, 0.2) is 0 Å². The van der Waals surface area contributed by atoms with E-state index in [0.717, 1.165) is 6.42 Å². The van der Waals surface area contributed by atoms with Crippen molar-refractivity contribution in [2.24, 2.45) is 5.41 Å². The molecule has 0 amide bonds. The Labute approximate surface area is 102 Å². The van der Waals surface area contributed by atoms with Crippen LogP contribution in [-0.2, 0) is 9.78 Å². The van der Waals surface area contributed by atoms with Crippen molar-refractivity contribution in [2.45, 2.75) is 79.2 Å². The maximum atomic E-state index is 5.19. The summed E-state index contributed by atoms with van der Waals surface area (Å²) in [7, 11) is 0. The van der Waals surface area contributed by atoms with Gasteiger partial charge in [0.1, 0.15) is 0 Å². The standard InChI is InChI=1S/C14H30O2/c1-13(2,3)11-9-7-8-10-12-15-16-14(4,5)6/h7-12H2,1-6H3. The van der Waals surface area contributed by atoms with Crippen LogP contribution in [0.5, 0.6) is 0 Å². The molecule has 0 aliphatic rings. The van der Waals surface area contributed by atoms with Crippen molar-refractivity contribution in [3.8, 4) is 0 Å². The highest BCUT2D eigenvalue weighted by molar-refractivity contribution is 4.60. The normalized spacial score (nSPS) is 13.1. The van der Waals surface area contributed by atoms with E-state index >= 15 is 0 Å². The topological polar surface area (TPSA) is 18.5 Å². The van der Waals surface area contributed by atoms with Crippen molar-refractivity contribution in [3.05, 3.63) is 0 Å². The Morgan fingerprint density at radius 3 is 1.81 bits per heavy atom. The summed E-state index contributed by atoms with van der Waals surface area (Å²) in [5.74, 6) is 0. The van der Waals surface area contributed by atoms with Gasteiger partial charge in [-0.05, 0) is 39.0 Å². The van der Waals surface area contributed by atoms with E-state index in [4.69, 9.17) is 9.78 Å². The molecular formula is C14H30O2. The van der Waals surface area contributed by atoms with Crippen molar-refractivity contribution < 1.29 is 9.78 Å². The maximum absolute atomic E-state index is 5.19. The van der Waals surface area contributed by atoms with Gasteiger partial charge in [0.2, 0.25) is 0 Å². The number of hydrogen-bond acceptors (Lipinski definition) is 2. The summed E-state index contributed by atoms with van der Waals surface area (Å²) in [5, 5.41) is 0. The average Bonchev–Trinajstić information content (AvgIpc) is 2.06. The molecule has 0 N–H and O–H groups in total. The molecule has 0 radical (unpaired) electrons. The lowest BCUT2D eigenvalue weighted by molar-refractivity contribution is -0.348. The zero-order valence-corrected chi connectivity index (χ0v) is 12.1. The van der Waals surface area contributed by atoms with Gasteiger partial charge in [-0.1, -0.05) is 40.0 Å². The molecule has 0 unspecified atom stereocenters. The van der Waals surface area contributed by atoms with E-state index in [2.05, 4.69) is 20.8 Å². The largest absolute Gasteiger partial charge is 0.236 e. The molecule has 0 aromatic heterocycles. The summed E-state index contributed by atoms with van der Waals surface area (Å²) in [4.78, 5) is 10.3. The van der Waals surface area contributed by atoms with Gasteiger partial charge in [0, 0.05) is 0 Å². The minimum Gasteiger partial charge on any atom is -0.236 e. The fraction of sp³-hybridized carbons (Fsp3) is 1.00. The van der Waals surface area contributed by atoms with Crippen molar-refractivity contribution in [3.63, 3.8) is 0 Å². The minimum atomic E-state index is -0.188. The highest BCUT2D eigenvalue weighted by Gasteiger charge is 2.11. The Morgan fingerprint density at radius 1 is 0.750 bits per heavy atom. The summed E-state index contributed by atoms with van der Waals surface area (Å²) in [6.45, 7) is 13.6. The second-order valence-electron chi connectivity index (χ2n) is 6.74. The van der Waals surface area contributed by atoms with E-state index in [1.807, 2.05) is 20.8 Å². The van der Waals surface area contributed by atoms with Gasteiger partial charge in [0.15, 0.2) is 0 Å². The summed E-state index contributed by atoms with van der Waals surface area (Å²) in [6.07, 6.45) is 6.27. The van der Waals surface area contributed by atoms with Crippen LogP contribution >= 0.6 is 0 Å². The lowest BCUT2D eigenvalue weighted by Crippen LogP contribution is -2.19. The van der Waals surface area contributed by atoms with Gasteiger partial charge in [-0.2, -0.15) is 0 Å². The molecule has 16 heavy (non-hydrogen) atoms. The highest BCUT2D eigenvalue weighted by atomic mass is 17.2.